The molecule has 0 aliphatic heterocycles. The van der Waals surface area contributed by atoms with Crippen LogP contribution in [0.5, 0.6) is 0 Å². The molecule has 0 saturated carbocycles. The maximum Gasteiger partial charge on any atom is 0.212 e. The first-order valence-electron chi connectivity index (χ1n) is 6.36. The lowest BCUT2D eigenvalue weighted by Crippen LogP contribution is -2.32. The summed E-state index contributed by atoms with van der Waals surface area (Å²) in [6.07, 6.45) is 2.04. The van der Waals surface area contributed by atoms with Crippen molar-refractivity contribution in [3.8, 4) is 0 Å². The third-order valence-electron chi connectivity index (χ3n) is 2.57. The number of sulfonamides is 1. The molecule has 0 amide bonds. The lowest BCUT2D eigenvalue weighted by Gasteiger charge is -2.06. The second-order valence-electron chi connectivity index (χ2n) is 4.16. The molecule has 102 valence electrons. The Kier molecular flexibility index (Phi) is 6.93. The first-order chi connectivity index (χ1) is 8.64. The summed E-state index contributed by atoms with van der Waals surface area (Å²) in [5, 5.41) is 3.15. The molecule has 2 N–H and O–H groups in total. The predicted octanol–water partition coefficient (Wildman–Crippen LogP) is 1.15. The summed E-state index contributed by atoms with van der Waals surface area (Å²) in [4.78, 5) is 0. The van der Waals surface area contributed by atoms with Crippen LogP contribution in [0.2, 0.25) is 0 Å². The summed E-state index contributed by atoms with van der Waals surface area (Å²) in [7, 11) is -3.08. The minimum atomic E-state index is -3.08. The van der Waals surface area contributed by atoms with E-state index in [1.807, 2.05) is 18.2 Å². The van der Waals surface area contributed by atoms with Gasteiger partial charge < -0.3 is 5.32 Å². The highest BCUT2D eigenvalue weighted by molar-refractivity contribution is 7.89. The molecule has 0 radical (unpaired) electrons. The van der Waals surface area contributed by atoms with E-state index >= 15 is 0 Å². The molecule has 5 heteroatoms. The third kappa shape index (κ3) is 6.74. The molecule has 0 heterocycles. The Bertz CT molecular complexity index is 418. The zero-order chi connectivity index (χ0) is 13.3. The van der Waals surface area contributed by atoms with Crippen LogP contribution in [-0.2, 0) is 16.4 Å². The van der Waals surface area contributed by atoms with Gasteiger partial charge in [0.05, 0.1) is 5.75 Å². The third-order valence-corrected chi connectivity index (χ3v) is 4.04. The molecule has 0 bridgehead atoms. The number of hydrogen-bond acceptors (Lipinski definition) is 3. The molecule has 0 aromatic heterocycles. The minimum Gasteiger partial charge on any atom is -0.316 e. The normalized spacial score (nSPS) is 11.6. The van der Waals surface area contributed by atoms with E-state index in [0.29, 0.717) is 13.1 Å². The smallest absolute Gasteiger partial charge is 0.212 e. The van der Waals surface area contributed by atoms with Crippen molar-refractivity contribution >= 4 is 10.0 Å². The van der Waals surface area contributed by atoms with Crippen LogP contribution in [0, 0.1) is 0 Å². The van der Waals surface area contributed by atoms with E-state index in [9.17, 15) is 8.42 Å². The van der Waals surface area contributed by atoms with E-state index in [1.54, 1.807) is 6.92 Å². The zero-order valence-corrected chi connectivity index (χ0v) is 11.7. The standard InChI is InChI=1S/C13H22N2O2S/c1-2-15-18(16,17)12-11-14-10-6-9-13-7-4-3-5-8-13/h3-5,7-8,14-15H,2,6,9-12H2,1H3. The summed E-state index contributed by atoms with van der Waals surface area (Å²) in [5.41, 5.74) is 1.32. The maximum atomic E-state index is 11.3. The highest BCUT2D eigenvalue weighted by Gasteiger charge is 2.06. The van der Waals surface area contributed by atoms with E-state index in [1.165, 1.54) is 5.56 Å². The highest BCUT2D eigenvalue weighted by atomic mass is 32.2. The Hall–Kier alpha value is -0.910. The summed E-state index contributed by atoms with van der Waals surface area (Å²) in [6.45, 7) is 3.59. The molecule has 0 saturated heterocycles. The van der Waals surface area contributed by atoms with Crippen molar-refractivity contribution < 1.29 is 8.42 Å². The van der Waals surface area contributed by atoms with Crippen LogP contribution >= 0.6 is 0 Å². The van der Waals surface area contributed by atoms with Gasteiger partial charge in [0, 0.05) is 13.1 Å². The fourth-order valence-corrected chi connectivity index (χ4v) is 2.68. The SMILES string of the molecule is CCNS(=O)(=O)CCNCCCc1ccccc1. The van der Waals surface area contributed by atoms with Crippen LogP contribution < -0.4 is 10.0 Å². The van der Waals surface area contributed by atoms with E-state index < -0.39 is 10.0 Å². The summed E-state index contributed by atoms with van der Waals surface area (Å²) < 4.78 is 25.1. The van der Waals surface area contributed by atoms with Crippen LogP contribution in [0.25, 0.3) is 0 Å². The fourth-order valence-electron chi connectivity index (χ4n) is 1.69. The van der Waals surface area contributed by atoms with E-state index in [0.717, 1.165) is 19.4 Å². The van der Waals surface area contributed by atoms with Crippen LogP contribution in [-0.4, -0.2) is 33.8 Å². The molecule has 0 fully saturated rings. The number of benzene rings is 1. The zero-order valence-electron chi connectivity index (χ0n) is 10.9. The van der Waals surface area contributed by atoms with Gasteiger partial charge in [-0.15, -0.1) is 0 Å². The Morgan fingerprint density at radius 1 is 1.11 bits per heavy atom. The first-order valence-corrected chi connectivity index (χ1v) is 8.01. The molecule has 0 aliphatic carbocycles. The molecule has 1 rings (SSSR count). The summed E-state index contributed by atoms with van der Waals surface area (Å²) >= 11 is 0. The fraction of sp³-hybridized carbons (Fsp3) is 0.538. The van der Waals surface area contributed by atoms with Gasteiger partial charge in [0.25, 0.3) is 0 Å². The average Bonchev–Trinajstić information content (AvgIpc) is 2.35. The van der Waals surface area contributed by atoms with Gasteiger partial charge in [-0.2, -0.15) is 0 Å². The van der Waals surface area contributed by atoms with Crippen molar-refractivity contribution in [2.75, 3.05) is 25.4 Å². The molecule has 0 spiro atoms. The summed E-state index contributed by atoms with van der Waals surface area (Å²) in [6, 6.07) is 10.3. The Morgan fingerprint density at radius 3 is 2.50 bits per heavy atom. The monoisotopic (exact) mass is 270 g/mol. The van der Waals surface area contributed by atoms with Gasteiger partial charge in [-0.05, 0) is 24.9 Å². The molecular weight excluding hydrogens is 248 g/mol. The van der Waals surface area contributed by atoms with Crippen LogP contribution in [0.15, 0.2) is 30.3 Å². The van der Waals surface area contributed by atoms with Gasteiger partial charge in [-0.1, -0.05) is 37.3 Å². The molecule has 18 heavy (non-hydrogen) atoms. The molecule has 0 aliphatic rings. The van der Waals surface area contributed by atoms with E-state index in [2.05, 4.69) is 22.2 Å². The van der Waals surface area contributed by atoms with Gasteiger partial charge in [0.2, 0.25) is 10.0 Å². The van der Waals surface area contributed by atoms with E-state index in [-0.39, 0.29) is 5.75 Å². The number of aryl methyl sites for hydroxylation is 1. The number of rotatable bonds is 9. The maximum absolute atomic E-state index is 11.3. The quantitative estimate of drug-likeness (QED) is 0.662. The minimum absolute atomic E-state index is 0.145. The van der Waals surface area contributed by atoms with Crippen LogP contribution in [0.3, 0.4) is 0 Å². The lowest BCUT2D eigenvalue weighted by atomic mass is 10.1. The molecular formula is C13H22N2O2S. The Labute approximate surface area is 110 Å². The molecule has 1 aromatic rings. The molecule has 0 unspecified atom stereocenters. The van der Waals surface area contributed by atoms with Gasteiger partial charge in [0.15, 0.2) is 0 Å². The topological polar surface area (TPSA) is 58.2 Å². The van der Waals surface area contributed by atoms with Crippen molar-refractivity contribution in [1.29, 1.82) is 0 Å². The van der Waals surface area contributed by atoms with Gasteiger partial charge in [-0.3, -0.25) is 0 Å². The Balaban J connectivity index is 2.06. The first kappa shape index (κ1) is 15.1. The van der Waals surface area contributed by atoms with Crippen molar-refractivity contribution in [2.45, 2.75) is 19.8 Å². The van der Waals surface area contributed by atoms with Crippen molar-refractivity contribution in [1.82, 2.24) is 10.0 Å². The second kappa shape index (κ2) is 8.24. The lowest BCUT2D eigenvalue weighted by molar-refractivity contribution is 0.577. The average molecular weight is 270 g/mol. The summed E-state index contributed by atoms with van der Waals surface area (Å²) in [5.74, 6) is 0.145. The number of hydrogen-bond donors (Lipinski definition) is 2. The van der Waals surface area contributed by atoms with Crippen LogP contribution in [0.1, 0.15) is 18.9 Å². The molecule has 4 nitrogen and oxygen atoms in total. The van der Waals surface area contributed by atoms with E-state index in [4.69, 9.17) is 0 Å². The second-order valence-corrected chi connectivity index (χ2v) is 6.08. The van der Waals surface area contributed by atoms with Crippen molar-refractivity contribution in [3.63, 3.8) is 0 Å². The predicted molar refractivity (Wildman–Crippen MR) is 75.1 cm³/mol. The molecule has 1 aromatic carbocycles. The van der Waals surface area contributed by atoms with Crippen molar-refractivity contribution in [2.24, 2.45) is 0 Å². The largest absolute Gasteiger partial charge is 0.316 e. The Morgan fingerprint density at radius 2 is 1.83 bits per heavy atom. The van der Waals surface area contributed by atoms with Crippen LogP contribution in [0.4, 0.5) is 0 Å². The molecule has 0 atom stereocenters. The number of nitrogens with one attached hydrogen (secondary N) is 2. The van der Waals surface area contributed by atoms with Gasteiger partial charge >= 0.3 is 0 Å². The van der Waals surface area contributed by atoms with Crippen molar-refractivity contribution in [3.05, 3.63) is 35.9 Å². The van der Waals surface area contributed by atoms with Gasteiger partial charge in [-0.25, -0.2) is 13.1 Å². The van der Waals surface area contributed by atoms with Gasteiger partial charge in [0.1, 0.15) is 0 Å². The highest BCUT2D eigenvalue weighted by Crippen LogP contribution is 2.01.